The molecule has 0 spiro atoms. The Labute approximate surface area is 264 Å². The Morgan fingerprint density at radius 1 is 1.19 bits per heavy atom. The zero-order valence-corrected chi connectivity index (χ0v) is 27.7. The van der Waals surface area contributed by atoms with Gasteiger partial charge in [-0.15, -0.1) is 11.3 Å². The summed E-state index contributed by atoms with van der Waals surface area (Å²) in [4.78, 5) is 58.4. The molecule has 2 heterocycles. The van der Waals surface area contributed by atoms with E-state index in [9.17, 15) is 24.3 Å². The number of halogens is 1. The van der Waals surface area contributed by atoms with Gasteiger partial charge in [-0.3, -0.25) is 19.2 Å². The quantitative estimate of drug-likeness (QED) is 0.126. The van der Waals surface area contributed by atoms with E-state index in [1.165, 1.54) is 16.2 Å². The highest BCUT2D eigenvalue weighted by molar-refractivity contribution is 14.1. The maximum Gasteiger partial charge on any atom is 0.323 e. The van der Waals surface area contributed by atoms with Crippen LogP contribution >= 0.6 is 33.9 Å². The smallest absolute Gasteiger partial charge is 0.323 e. The van der Waals surface area contributed by atoms with Crippen LogP contribution in [0.1, 0.15) is 58.3 Å². The second-order valence-corrected chi connectivity index (χ2v) is 13.8. The molecule has 1 saturated heterocycles. The van der Waals surface area contributed by atoms with Gasteiger partial charge in [-0.05, 0) is 29.4 Å². The minimum Gasteiger partial charge on any atom is -0.462 e. The van der Waals surface area contributed by atoms with E-state index in [2.05, 4.69) is 15.6 Å². The number of aliphatic hydroxyl groups is 1. The predicted molar refractivity (Wildman–Crippen MR) is 169 cm³/mol. The molecule has 0 aliphatic carbocycles. The molecule has 0 saturated carbocycles. The Balaban J connectivity index is 1.86. The van der Waals surface area contributed by atoms with Crippen molar-refractivity contribution in [2.24, 2.45) is 17.1 Å². The third kappa shape index (κ3) is 8.48. The average molecular weight is 714 g/mol. The monoisotopic (exact) mass is 713 g/mol. The first kappa shape index (κ1) is 33.9. The van der Waals surface area contributed by atoms with Crippen LogP contribution in [-0.2, 0) is 19.1 Å². The largest absolute Gasteiger partial charge is 0.462 e. The number of carbonyl (C=O) groups excluding carboxylic acids is 4. The van der Waals surface area contributed by atoms with Crippen LogP contribution in [0, 0.1) is 18.3 Å². The highest BCUT2D eigenvalue weighted by Gasteiger charge is 2.44. The van der Waals surface area contributed by atoms with Crippen LogP contribution in [0.3, 0.4) is 0 Å². The lowest BCUT2D eigenvalue weighted by Gasteiger charge is -2.35. The van der Waals surface area contributed by atoms with Gasteiger partial charge in [-0.1, -0.05) is 58.9 Å². The van der Waals surface area contributed by atoms with Crippen molar-refractivity contribution in [2.45, 2.75) is 78.2 Å². The lowest BCUT2D eigenvalue weighted by Crippen LogP contribution is -2.57. The molecular weight excluding hydrogens is 673 g/mol. The third-order valence-corrected chi connectivity index (χ3v) is 8.54. The molecular formula is C29H40IN5O6S. The lowest BCUT2D eigenvalue weighted by molar-refractivity contribution is -0.148. The summed E-state index contributed by atoms with van der Waals surface area (Å²) in [7, 11) is 0. The fourth-order valence-corrected chi connectivity index (χ4v) is 5.83. The first-order valence-corrected chi connectivity index (χ1v) is 15.7. The summed E-state index contributed by atoms with van der Waals surface area (Å²) in [6.45, 7) is 10.8. The molecule has 0 bridgehead atoms. The number of hydrogen-bond donors (Lipinski definition) is 4. The Morgan fingerprint density at radius 3 is 2.36 bits per heavy atom. The van der Waals surface area contributed by atoms with Crippen LogP contribution < -0.4 is 16.4 Å². The number of amides is 3. The average Bonchev–Trinajstić information content (AvgIpc) is 3.53. The number of nitrogens with zero attached hydrogens (tertiary/aromatic N) is 2. The molecule has 5 N–H and O–H groups in total. The number of benzene rings is 1. The van der Waals surface area contributed by atoms with Crippen molar-refractivity contribution in [3.05, 3.63) is 41.0 Å². The second kappa shape index (κ2) is 14.2. The molecule has 4 unspecified atom stereocenters. The summed E-state index contributed by atoms with van der Waals surface area (Å²) in [5.41, 5.74) is 9.65. The Morgan fingerprint density at radius 2 is 1.83 bits per heavy atom. The van der Waals surface area contributed by atoms with Gasteiger partial charge >= 0.3 is 5.97 Å². The Hall–Kier alpha value is -2.62. The molecule has 3 rings (SSSR count). The molecule has 11 nitrogen and oxygen atoms in total. The second-order valence-electron chi connectivity index (χ2n) is 12.0. The van der Waals surface area contributed by atoms with Gasteiger partial charge in [-0.25, -0.2) is 4.98 Å². The van der Waals surface area contributed by atoms with E-state index in [1.807, 2.05) is 65.8 Å². The van der Waals surface area contributed by atoms with E-state index in [0.29, 0.717) is 5.56 Å². The minimum atomic E-state index is -0.987. The van der Waals surface area contributed by atoms with E-state index in [4.69, 9.17) is 10.5 Å². The van der Waals surface area contributed by atoms with Gasteiger partial charge in [-0.2, -0.15) is 0 Å². The van der Waals surface area contributed by atoms with E-state index in [-0.39, 0.29) is 25.5 Å². The standard InChI is InChI=1S/C29H40IN5O6S/c1-15(2)22(31)27(39)41-13-20(17-7-9-18(10-8-17)23-16(3)32-14-42-23)33-25(37)21-11-19(36)12-35(21)26(38)24(29(4,5)6)34-28(30)40/h7-10,14-15,19-22,24,36H,11-13,31H2,1-6H3,(H,33,37)(H,34,40)/t19?,20?,21?,22-,24?/m0/s1. The molecule has 2 aromatic rings. The van der Waals surface area contributed by atoms with Crippen molar-refractivity contribution in [3.63, 3.8) is 0 Å². The van der Waals surface area contributed by atoms with Crippen molar-refractivity contribution in [1.29, 1.82) is 0 Å². The Kier molecular flexibility index (Phi) is 11.5. The van der Waals surface area contributed by atoms with Gasteiger partial charge in [0.2, 0.25) is 11.8 Å². The number of ether oxygens (including phenoxy) is 1. The molecule has 0 radical (unpaired) electrons. The van der Waals surface area contributed by atoms with Crippen LogP contribution in [-0.4, -0.2) is 74.1 Å². The van der Waals surface area contributed by atoms with Crippen molar-refractivity contribution >= 4 is 55.6 Å². The number of aromatic nitrogens is 1. The lowest BCUT2D eigenvalue weighted by atomic mass is 9.85. The van der Waals surface area contributed by atoms with E-state index in [1.54, 1.807) is 28.1 Å². The molecule has 13 heteroatoms. The number of nitrogens with one attached hydrogen (secondary N) is 2. The SMILES string of the molecule is Cc1ncsc1-c1ccc(C(COC(=O)[C@@H](N)C(C)C)NC(=O)C2CC(O)CN2C(=O)C(NC(=O)I)C(C)(C)C)cc1. The number of hydrogen-bond acceptors (Lipinski definition) is 9. The number of esters is 1. The molecule has 42 heavy (non-hydrogen) atoms. The van der Waals surface area contributed by atoms with Gasteiger partial charge in [0.05, 0.1) is 28.2 Å². The van der Waals surface area contributed by atoms with Gasteiger partial charge < -0.3 is 31.1 Å². The summed E-state index contributed by atoms with van der Waals surface area (Å²) in [5.74, 6) is -1.69. The summed E-state index contributed by atoms with van der Waals surface area (Å²) < 4.78 is 5.12. The fourth-order valence-electron chi connectivity index (χ4n) is 4.70. The minimum absolute atomic E-state index is 0.0287. The first-order chi connectivity index (χ1) is 19.6. The van der Waals surface area contributed by atoms with Crippen LogP contribution in [0.25, 0.3) is 10.4 Å². The number of thiazole rings is 1. The first-order valence-electron chi connectivity index (χ1n) is 13.8. The number of nitrogens with two attached hydrogens (primary N) is 1. The van der Waals surface area contributed by atoms with Crippen molar-refractivity contribution in [3.8, 4) is 10.4 Å². The topological polar surface area (TPSA) is 164 Å². The number of rotatable bonds is 10. The fraction of sp³-hybridized carbons (Fsp3) is 0.552. The van der Waals surface area contributed by atoms with E-state index >= 15 is 0 Å². The summed E-state index contributed by atoms with van der Waals surface area (Å²) in [5, 5.41) is 16.1. The number of β-amino-alcohol motifs (C(OH)–C–C–N with tert-alkyl or cyclic N) is 1. The summed E-state index contributed by atoms with van der Waals surface area (Å²) >= 11 is 3.09. The summed E-state index contributed by atoms with van der Waals surface area (Å²) in [6, 6.07) is 4.04. The van der Waals surface area contributed by atoms with Gasteiger partial charge in [0, 0.05) is 35.6 Å². The molecule has 230 valence electrons. The number of aliphatic hydroxyl groups excluding tert-OH is 1. The van der Waals surface area contributed by atoms with Gasteiger partial charge in [0.15, 0.2) is 0 Å². The zero-order chi connectivity index (χ0) is 31.4. The molecule has 3 amide bonds. The summed E-state index contributed by atoms with van der Waals surface area (Å²) in [6.07, 6.45) is -0.885. The maximum absolute atomic E-state index is 13.7. The zero-order valence-electron chi connectivity index (χ0n) is 24.7. The van der Waals surface area contributed by atoms with E-state index < -0.39 is 57.4 Å². The molecule has 1 aromatic heterocycles. The maximum atomic E-state index is 13.7. The van der Waals surface area contributed by atoms with E-state index in [0.717, 1.165) is 16.1 Å². The van der Waals surface area contributed by atoms with Crippen LogP contribution in [0.4, 0.5) is 4.79 Å². The van der Waals surface area contributed by atoms with Gasteiger partial charge in [0.1, 0.15) is 24.7 Å². The van der Waals surface area contributed by atoms with Crippen molar-refractivity contribution < 1.29 is 29.0 Å². The molecule has 5 atom stereocenters. The normalized spacial score (nSPS) is 19.2. The third-order valence-electron chi connectivity index (χ3n) is 7.26. The number of carbonyl (C=O) groups is 4. The number of aryl methyl sites for hydroxylation is 1. The molecule has 1 aliphatic rings. The van der Waals surface area contributed by atoms with Crippen molar-refractivity contribution in [2.75, 3.05) is 13.2 Å². The molecule has 1 aromatic carbocycles. The van der Waals surface area contributed by atoms with Crippen molar-refractivity contribution in [1.82, 2.24) is 20.5 Å². The highest BCUT2D eigenvalue weighted by atomic mass is 127. The van der Waals surface area contributed by atoms with Crippen LogP contribution in [0.15, 0.2) is 29.8 Å². The molecule has 1 fully saturated rings. The molecule has 1 aliphatic heterocycles. The van der Waals surface area contributed by atoms with Crippen LogP contribution in [0.5, 0.6) is 0 Å². The van der Waals surface area contributed by atoms with Crippen LogP contribution in [0.2, 0.25) is 0 Å². The highest BCUT2D eigenvalue weighted by Crippen LogP contribution is 2.30. The predicted octanol–water partition coefficient (Wildman–Crippen LogP) is 3.32. The Bertz CT molecular complexity index is 1280. The van der Waals surface area contributed by atoms with Gasteiger partial charge in [0.25, 0.3) is 3.91 Å². The number of likely N-dealkylation sites (tertiary alicyclic amines) is 1.